The van der Waals surface area contributed by atoms with Crippen molar-refractivity contribution in [3.8, 4) is 0 Å². The van der Waals surface area contributed by atoms with E-state index in [1.807, 2.05) is 31.2 Å². The zero-order valence-corrected chi connectivity index (χ0v) is 20.7. The first-order chi connectivity index (χ1) is 17.3. The van der Waals surface area contributed by atoms with E-state index in [0.29, 0.717) is 18.9 Å². The summed E-state index contributed by atoms with van der Waals surface area (Å²) >= 11 is 0. The molecule has 1 fully saturated rings. The minimum atomic E-state index is -3.04. The Bertz CT molecular complexity index is 1130. The quantitative estimate of drug-likeness (QED) is 0.414. The van der Waals surface area contributed by atoms with Crippen LogP contribution in [0.3, 0.4) is 0 Å². The van der Waals surface area contributed by atoms with Crippen LogP contribution < -0.4 is 0 Å². The van der Waals surface area contributed by atoms with Crippen molar-refractivity contribution >= 4 is 10.9 Å². The van der Waals surface area contributed by atoms with Crippen LogP contribution in [-0.4, -0.2) is 71.3 Å². The summed E-state index contributed by atoms with van der Waals surface area (Å²) in [6, 6.07) is 14.9. The van der Waals surface area contributed by atoms with Crippen molar-refractivity contribution in [2.24, 2.45) is 5.92 Å². The molecule has 2 aliphatic rings. The number of aromatic nitrogens is 1. The molecule has 0 unspecified atom stereocenters. The molecule has 1 aromatic heterocycles. The Hall–Kier alpha value is -2.42. The molecule has 196 valence electrons. The third-order valence-corrected chi connectivity index (χ3v) is 7.11. The van der Waals surface area contributed by atoms with Crippen molar-refractivity contribution in [1.82, 2.24) is 14.8 Å². The number of alkyl halides is 3. The molecular formula is C28H35F4N3O. The molecule has 3 heterocycles. The average molecular weight is 506 g/mol. The number of aromatic amines is 1. The van der Waals surface area contributed by atoms with Crippen LogP contribution in [0.2, 0.25) is 0 Å². The monoisotopic (exact) mass is 505 g/mol. The molecule has 0 radical (unpaired) electrons. The summed E-state index contributed by atoms with van der Waals surface area (Å²) < 4.78 is 51.6. The Labute approximate surface area is 209 Å². The highest BCUT2D eigenvalue weighted by atomic mass is 19.3. The molecule has 36 heavy (non-hydrogen) atoms. The number of benzene rings is 2. The van der Waals surface area contributed by atoms with Crippen LogP contribution in [0.4, 0.5) is 17.6 Å². The van der Waals surface area contributed by atoms with Gasteiger partial charge in [0.25, 0.3) is 5.92 Å². The second-order valence-electron chi connectivity index (χ2n) is 10.1. The van der Waals surface area contributed by atoms with Crippen molar-refractivity contribution in [2.45, 2.75) is 44.7 Å². The highest BCUT2D eigenvalue weighted by Gasteiger charge is 2.35. The third kappa shape index (κ3) is 6.66. The number of aliphatic hydroxyl groups is 1. The van der Waals surface area contributed by atoms with Crippen molar-refractivity contribution in [3.63, 3.8) is 0 Å². The number of halogens is 4. The van der Waals surface area contributed by atoms with E-state index < -0.39 is 19.1 Å². The van der Waals surface area contributed by atoms with Crippen LogP contribution in [-0.2, 0) is 19.4 Å². The number of hydrogen-bond donors (Lipinski definition) is 2. The maximum atomic E-state index is 13.4. The van der Waals surface area contributed by atoms with Gasteiger partial charge in [0, 0.05) is 48.8 Å². The molecular weight excluding hydrogens is 470 g/mol. The summed E-state index contributed by atoms with van der Waals surface area (Å²) in [6.07, 6.45) is 2.32. The van der Waals surface area contributed by atoms with E-state index in [9.17, 15) is 17.6 Å². The summed E-state index contributed by atoms with van der Waals surface area (Å²) in [6.45, 7) is 3.60. The lowest BCUT2D eigenvalue weighted by atomic mass is 9.92. The highest BCUT2D eigenvalue weighted by molar-refractivity contribution is 5.84. The van der Waals surface area contributed by atoms with Gasteiger partial charge < -0.3 is 15.0 Å². The Morgan fingerprint density at radius 3 is 2.61 bits per heavy atom. The Morgan fingerprint density at radius 1 is 1.11 bits per heavy atom. The minimum absolute atomic E-state index is 0.0409. The van der Waals surface area contributed by atoms with Crippen molar-refractivity contribution in [2.75, 3.05) is 39.5 Å². The maximum absolute atomic E-state index is 13.4. The fraction of sp³-hybridized carbons (Fsp3) is 0.500. The third-order valence-electron chi connectivity index (χ3n) is 7.11. The van der Waals surface area contributed by atoms with Gasteiger partial charge in [-0.1, -0.05) is 30.3 Å². The highest BCUT2D eigenvalue weighted by Crippen LogP contribution is 2.31. The lowest BCUT2D eigenvalue weighted by molar-refractivity contribution is -0.0819. The van der Waals surface area contributed by atoms with Gasteiger partial charge in [-0.2, -0.15) is 0 Å². The molecule has 0 bridgehead atoms. The number of nitrogens with zero attached hydrogens (tertiary/aromatic N) is 2. The van der Waals surface area contributed by atoms with E-state index in [-0.39, 0.29) is 18.5 Å². The van der Waals surface area contributed by atoms with Gasteiger partial charge in [0.05, 0.1) is 13.2 Å². The number of nitrogens with one attached hydrogen (secondary N) is 1. The largest absolute Gasteiger partial charge is 0.390 e. The lowest BCUT2D eigenvalue weighted by Crippen LogP contribution is -2.47. The summed E-state index contributed by atoms with van der Waals surface area (Å²) in [5, 5.41) is 9.92. The number of fused-ring (bicyclic) bond motifs is 3. The molecule has 5 rings (SSSR count). The van der Waals surface area contributed by atoms with Crippen LogP contribution in [0.25, 0.3) is 10.9 Å². The molecule has 0 spiro atoms. The standard InChI is InChI=1S/C15H18F2N2O.C13H17F2N/c1-10-6-12-11-4-2-3-5-13(11)18-14(12)7-19(10)8-15(16,17)9-20;14-5-2-6-16-9-12(10-16)7-11-3-1-4-13(15)8-11/h2-5,10,18,20H,6-9H2,1H3;1,3-4,8,12H,2,5-7,9-10H2/t10-;/m1./s1. The molecule has 4 nitrogen and oxygen atoms in total. The second kappa shape index (κ2) is 11.8. The lowest BCUT2D eigenvalue weighted by Gasteiger charge is -2.39. The zero-order valence-electron chi connectivity index (χ0n) is 20.7. The normalized spacial score (nSPS) is 19.0. The summed E-state index contributed by atoms with van der Waals surface area (Å²) in [5.74, 6) is -2.59. The number of aliphatic hydroxyl groups excluding tert-OH is 1. The van der Waals surface area contributed by atoms with Gasteiger partial charge in [-0.05, 0) is 61.4 Å². The predicted octanol–water partition coefficient (Wildman–Crippen LogP) is 5.20. The molecule has 1 saturated heterocycles. The number of hydrogen-bond acceptors (Lipinski definition) is 3. The molecule has 2 N–H and O–H groups in total. The molecule has 0 amide bonds. The van der Waals surface area contributed by atoms with Gasteiger partial charge in [0.1, 0.15) is 12.4 Å². The number of likely N-dealkylation sites (tertiary alicyclic amines) is 1. The topological polar surface area (TPSA) is 42.5 Å². The van der Waals surface area contributed by atoms with Crippen LogP contribution >= 0.6 is 0 Å². The fourth-order valence-corrected chi connectivity index (χ4v) is 5.24. The molecule has 0 saturated carbocycles. The van der Waals surface area contributed by atoms with Crippen molar-refractivity contribution in [3.05, 3.63) is 71.2 Å². The molecule has 3 aromatic rings. The first-order valence-corrected chi connectivity index (χ1v) is 12.6. The smallest absolute Gasteiger partial charge is 0.283 e. The van der Waals surface area contributed by atoms with E-state index in [4.69, 9.17) is 5.11 Å². The van der Waals surface area contributed by atoms with Crippen LogP contribution in [0.1, 0.15) is 30.2 Å². The molecule has 0 aliphatic carbocycles. The van der Waals surface area contributed by atoms with Crippen molar-refractivity contribution < 1.29 is 22.7 Å². The summed E-state index contributed by atoms with van der Waals surface area (Å²) in [4.78, 5) is 7.30. The molecule has 2 aliphatic heterocycles. The van der Waals surface area contributed by atoms with Gasteiger partial charge in [-0.15, -0.1) is 0 Å². The summed E-state index contributed by atoms with van der Waals surface area (Å²) in [5.41, 5.74) is 4.37. The van der Waals surface area contributed by atoms with Gasteiger partial charge in [0.15, 0.2) is 0 Å². The van der Waals surface area contributed by atoms with Gasteiger partial charge >= 0.3 is 0 Å². The van der Waals surface area contributed by atoms with E-state index in [1.165, 1.54) is 17.0 Å². The van der Waals surface area contributed by atoms with E-state index in [1.54, 1.807) is 17.0 Å². The number of H-pyrrole nitrogens is 1. The Morgan fingerprint density at radius 2 is 1.89 bits per heavy atom. The molecule has 1 atom stereocenters. The van der Waals surface area contributed by atoms with Crippen LogP contribution in [0.5, 0.6) is 0 Å². The maximum Gasteiger partial charge on any atom is 0.283 e. The SMILES string of the molecule is C[C@@H]1Cc2c([nH]c3ccccc23)CN1CC(F)(F)CO.FCCCN1CC(Cc2cccc(F)c2)C1. The minimum Gasteiger partial charge on any atom is -0.390 e. The van der Waals surface area contributed by atoms with Crippen LogP contribution in [0.15, 0.2) is 48.5 Å². The fourth-order valence-electron chi connectivity index (χ4n) is 5.24. The van der Waals surface area contributed by atoms with E-state index >= 15 is 0 Å². The van der Waals surface area contributed by atoms with Gasteiger partial charge in [-0.3, -0.25) is 9.29 Å². The Kier molecular flexibility index (Phi) is 8.70. The van der Waals surface area contributed by atoms with Crippen molar-refractivity contribution in [1.29, 1.82) is 0 Å². The molecule has 2 aromatic carbocycles. The van der Waals surface area contributed by atoms with E-state index in [0.717, 1.165) is 49.2 Å². The second-order valence-corrected chi connectivity index (χ2v) is 10.1. The first kappa shape index (κ1) is 26.6. The number of para-hydroxylation sites is 1. The van der Waals surface area contributed by atoms with Crippen LogP contribution in [0, 0.1) is 11.7 Å². The average Bonchev–Trinajstić information content (AvgIpc) is 3.18. The Balaban J connectivity index is 0.000000174. The van der Waals surface area contributed by atoms with Gasteiger partial charge in [0.2, 0.25) is 0 Å². The number of rotatable bonds is 8. The molecule has 8 heteroatoms. The summed E-state index contributed by atoms with van der Waals surface area (Å²) in [7, 11) is 0. The zero-order chi connectivity index (χ0) is 25.7. The van der Waals surface area contributed by atoms with E-state index in [2.05, 4.69) is 16.0 Å². The van der Waals surface area contributed by atoms with Gasteiger partial charge in [-0.25, -0.2) is 13.2 Å². The predicted molar refractivity (Wildman–Crippen MR) is 135 cm³/mol. The first-order valence-electron chi connectivity index (χ1n) is 12.6.